The van der Waals surface area contributed by atoms with E-state index in [-0.39, 0.29) is 36.8 Å². The molecule has 1 atom stereocenters. The van der Waals surface area contributed by atoms with Crippen molar-refractivity contribution in [2.75, 3.05) is 32.4 Å². The number of rotatable bonds is 1. The van der Waals surface area contributed by atoms with Crippen LogP contribution >= 0.6 is 24.8 Å². The number of halogens is 2. The number of hydrogen-bond acceptors (Lipinski definition) is 3. The van der Waals surface area contributed by atoms with Crippen molar-refractivity contribution in [3.05, 3.63) is 29.8 Å². The van der Waals surface area contributed by atoms with Gasteiger partial charge in [0.1, 0.15) is 0 Å². The van der Waals surface area contributed by atoms with Crippen LogP contribution < -0.4 is 5.73 Å². The number of anilines is 1. The molecule has 0 radical (unpaired) electrons. The van der Waals surface area contributed by atoms with Crippen LogP contribution in [0, 0.1) is 0 Å². The molecule has 19 heavy (non-hydrogen) atoms. The van der Waals surface area contributed by atoms with Crippen molar-refractivity contribution < 1.29 is 4.79 Å². The predicted molar refractivity (Wildman–Crippen MR) is 83.3 cm³/mol. The second-order valence-corrected chi connectivity index (χ2v) is 4.70. The van der Waals surface area contributed by atoms with Gasteiger partial charge in [0.15, 0.2) is 0 Å². The highest BCUT2D eigenvalue weighted by Gasteiger charge is 2.27. The molecule has 1 aliphatic heterocycles. The van der Waals surface area contributed by atoms with Crippen molar-refractivity contribution in [2.24, 2.45) is 0 Å². The third-order valence-electron chi connectivity index (χ3n) is 3.28. The summed E-state index contributed by atoms with van der Waals surface area (Å²) in [6.07, 6.45) is 0. The van der Waals surface area contributed by atoms with Gasteiger partial charge in [0.05, 0.1) is 5.56 Å². The molecule has 108 valence electrons. The lowest BCUT2D eigenvalue weighted by atomic mass is 10.1. The number of nitrogens with zero attached hydrogens (tertiary/aromatic N) is 2. The lowest BCUT2D eigenvalue weighted by molar-refractivity contribution is 0.0534. The van der Waals surface area contributed by atoms with Gasteiger partial charge in [-0.05, 0) is 26.1 Å². The number of amides is 1. The van der Waals surface area contributed by atoms with Crippen LogP contribution in [0.15, 0.2) is 24.3 Å². The zero-order chi connectivity index (χ0) is 12.4. The van der Waals surface area contributed by atoms with Gasteiger partial charge in [-0.3, -0.25) is 4.79 Å². The van der Waals surface area contributed by atoms with Gasteiger partial charge in [0, 0.05) is 31.4 Å². The second-order valence-electron chi connectivity index (χ2n) is 4.70. The van der Waals surface area contributed by atoms with Crippen LogP contribution in [0.25, 0.3) is 0 Å². The molecule has 1 aromatic carbocycles. The maximum absolute atomic E-state index is 12.4. The van der Waals surface area contributed by atoms with Gasteiger partial charge < -0.3 is 15.5 Å². The molecule has 1 heterocycles. The summed E-state index contributed by atoms with van der Waals surface area (Å²) in [5, 5.41) is 0. The van der Waals surface area contributed by atoms with Gasteiger partial charge in [-0.25, -0.2) is 0 Å². The molecule has 4 nitrogen and oxygen atoms in total. The topological polar surface area (TPSA) is 49.6 Å². The van der Waals surface area contributed by atoms with Crippen LogP contribution in [0.4, 0.5) is 5.69 Å². The lowest BCUT2D eigenvalue weighted by Crippen LogP contribution is -2.52. The minimum atomic E-state index is 0. The third kappa shape index (κ3) is 4.00. The Morgan fingerprint density at radius 2 is 1.89 bits per heavy atom. The summed E-state index contributed by atoms with van der Waals surface area (Å²) < 4.78 is 0. The number of likely N-dealkylation sites (N-methyl/N-ethyl adjacent to an activating group) is 1. The van der Waals surface area contributed by atoms with Crippen molar-refractivity contribution in [2.45, 2.75) is 13.0 Å². The molecule has 1 aliphatic rings. The first kappa shape index (κ1) is 18.0. The van der Waals surface area contributed by atoms with Crippen LogP contribution in [-0.2, 0) is 0 Å². The maximum Gasteiger partial charge on any atom is 0.256 e. The van der Waals surface area contributed by atoms with Crippen molar-refractivity contribution in [3.63, 3.8) is 0 Å². The minimum absolute atomic E-state index is 0. The van der Waals surface area contributed by atoms with Gasteiger partial charge in [0.25, 0.3) is 5.91 Å². The van der Waals surface area contributed by atoms with E-state index in [1.54, 1.807) is 12.1 Å². The van der Waals surface area contributed by atoms with E-state index in [1.807, 2.05) is 17.0 Å². The summed E-state index contributed by atoms with van der Waals surface area (Å²) in [5.74, 6) is 0.0451. The summed E-state index contributed by atoms with van der Waals surface area (Å²) in [6.45, 7) is 4.68. The lowest BCUT2D eigenvalue weighted by Gasteiger charge is -2.38. The number of carbonyl (C=O) groups excluding carboxylic acids is 1. The Kier molecular flexibility index (Phi) is 7.19. The fraction of sp³-hybridized carbons (Fsp3) is 0.462. The average molecular weight is 306 g/mol. The molecular formula is C13H21Cl2N3O. The molecular weight excluding hydrogens is 285 g/mol. The van der Waals surface area contributed by atoms with E-state index in [9.17, 15) is 4.79 Å². The molecule has 2 rings (SSSR count). The van der Waals surface area contributed by atoms with Gasteiger partial charge in [-0.15, -0.1) is 24.8 Å². The number of carbonyl (C=O) groups is 1. The summed E-state index contributed by atoms with van der Waals surface area (Å²) >= 11 is 0. The zero-order valence-corrected chi connectivity index (χ0v) is 12.8. The van der Waals surface area contributed by atoms with Crippen LogP contribution in [0.3, 0.4) is 0 Å². The number of para-hydroxylation sites is 1. The molecule has 2 N–H and O–H groups in total. The fourth-order valence-electron chi connectivity index (χ4n) is 2.29. The van der Waals surface area contributed by atoms with Gasteiger partial charge in [-0.2, -0.15) is 0 Å². The first-order valence-electron chi connectivity index (χ1n) is 5.93. The van der Waals surface area contributed by atoms with E-state index in [4.69, 9.17) is 5.73 Å². The van der Waals surface area contributed by atoms with Crippen LogP contribution in [0.1, 0.15) is 17.3 Å². The monoisotopic (exact) mass is 305 g/mol. The maximum atomic E-state index is 12.4. The van der Waals surface area contributed by atoms with Crippen molar-refractivity contribution in [3.8, 4) is 0 Å². The van der Waals surface area contributed by atoms with E-state index in [0.29, 0.717) is 11.3 Å². The number of benzene rings is 1. The number of nitrogen functional groups attached to an aromatic ring is 1. The molecule has 1 amide bonds. The molecule has 1 unspecified atom stereocenters. The summed E-state index contributed by atoms with van der Waals surface area (Å²) in [4.78, 5) is 16.5. The summed E-state index contributed by atoms with van der Waals surface area (Å²) in [5.41, 5.74) is 7.02. The smallest absolute Gasteiger partial charge is 0.256 e. The predicted octanol–water partition coefficient (Wildman–Crippen LogP) is 1.89. The molecule has 0 aliphatic carbocycles. The van der Waals surface area contributed by atoms with Crippen LogP contribution in [0.5, 0.6) is 0 Å². The molecule has 1 aromatic rings. The third-order valence-corrected chi connectivity index (χ3v) is 3.28. The second kappa shape index (κ2) is 7.58. The Bertz CT molecular complexity index is 428. The van der Waals surface area contributed by atoms with Gasteiger partial charge >= 0.3 is 0 Å². The molecule has 0 aromatic heterocycles. The zero-order valence-electron chi connectivity index (χ0n) is 11.2. The minimum Gasteiger partial charge on any atom is -0.398 e. The SMILES string of the molecule is CC1CN(C)CCN1C(=O)c1ccccc1N.Cl.Cl. The Balaban J connectivity index is 0.00000162. The molecule has 0 spiro atoms. The van der Waals surface area contributed by atoms with E-state index < -0.39 is 0 Å². The van der Waals surface area contributed by atoms with Crippen LogP contribution in [-0.4, -0.2) is 48.4 Å². The quantitative estimate of drug-likeness (QED) is 0.806. The standard InChI is InChI=1S/C13H19N3O.2ClH/c1-10-9-15(2)7-8-16(10)13(17)11-5-3-4-6-12(11)14;;/h3-6,10H,7-9,14H2,1-2H3;2*1H. The van der Waals surface area contributed by atoms with Gasteiger partial charge in [0.2, 0.25) is 0 Å². The van der Waals surface area contributed by atoms with E-state index in [2.05, 4.69) is 18.9 Å². The number of nitrogens with two attached hydrogens (primary N) is 1. The summed E-state index contributed by atoms with van der Waals surface area (Å²) in [7, 11) is 2.08. The first-order valence-corrected chi connectivity index (χ1v) is 5.93. The van der Waals surface area contributed by atoms with Crippen LogP contribution in [0.2, 0.25) is 0 Å². The van der Waals surface area contributed by atoms with Crippen molar-refractivity contribution in [1.29, 1.82) is 0 Å². The molecule has 0 saturated carbocycles. The van der Waals surface area contributed by atoms with E-state index in [1.165, 1.54) is 0 Å². The highest BCUT2D eigenvalue weighted by molar-refractivity contribution is 5.99. The largest absolute Gasteiger partial charge is 0.398 e. The summed E-state index contributed by atoms with van der Waals surface area (Å²) in [6, 6.07) is 7.50. The molecule has 1 saturated heterocycles. The van der Waals surface area contributed by atoms with Gasteiger partial charge in [-0.1, -0.05) is 12.1 Å². The number of hydrogen-bond donors (Lipinski definition) is 1. The highest BCUT2D eigenvalue weighted by atomic mass is 35.5. The first-order chi connectivity index (χ1) is 8.09. The highest BCUT2D eigenvalue weighted by Crippen LogP contribution is 2.17. The van der Waals surface area contributed by atoms with E-state index in [0.717, 1.165) is 19.6 Å². The Labute approximate surface area is 126 Å². The van der Waals surface area contributed by atoms with E-state index >= 15 is 0 Å². The normalized spacial score (nSPS) is 19.3. The average Bonchev–Trinajstić information content (AvgIpc) is 2.29. The Morgan fingerprint density at radius 3 is 2.47 bits per heavy atom. The fourth-order valence-corrected chi connectivity index (χ4v) is 2.29. The number of piperazine rings is 1. The Hall–Kier alpha value is -0.970. The molecule has 1 fully saturated rings. The molecule has 6 heteroatoms. The Morgan fingerprint density at radius 1 is 1.26 bits per heavy atom. The van der Waals surface area contributed by atoms with Crippen molar-refractivity contribution in [1.82, 2.24) is 9.80 Å². The molecule has 0 bridgehead atoms. The van der Waals surface area contributed by atoms with Crippen molar-refractivity contribution >= 4 is 36.4 Å².